The summed E-state index contributed by atoms with van der Waals surface area (Å²) >= 11 is 0. The topological polar surface area (TPSA) is 63.3 Å². The lowest BCUT2D eigenvalue weighted by molar-refractivity contribution is -0.137. The number of aliphatic carboxylic acids is 1. The van der Waals surface area contributed by atoms with Crippen LogP contribution < -0.4 is 5.73 Å². The van der Waals surface area contributed by atoms with Crippen molar-refractivity contribution in [2.45, 2.75) is 38.1 Å². The van der Waals surface area contributed by atoms with Gasteiger partial charge in [0.1, 0.15) is 0 Å². The van der Waals surface area contributed by atoms with Crippen LogP contribution >= 0.6 is 0 Å². The van der Waals surface area contributed by atoms with E-state index >= 15 is 0 Å². The molecule has 0 spiro atoms. The van der Waals surface area contributed by atoms with Crippen molar-refractivity contribution in [1.29, 1.82) is 0 Å². The minimum absolute atomic E-state index is 0.0104. The molecule has 3 N–H and O–H groups in total. The molecule has 3 nitrogen and oxygen atoms in total. The molecule has 1 aromatic carbocycles. The first-order valence-corrected chi connectivity index (χ1v) is 5.76. The molecule has 0 bridgehead atoms. The van der Waals surface area contributed by atoms with Crippen molar-refractivity contribution in [2.75, 3.05) is 0 Å². The Hall–Kier alpha value is -1.35. The van der Waals surface area contributed by atoms with Gasteiger partial charge in [-0.25, -0.2) is 0 Å². The van der Waals surface area contributed by atoms with Crippen molar-refractivity contribution in [1.82, 2.24) is 0 Å². The van der Waals surface area contributed by atoms with E-state index in [0.29, 0.717) is 0 Å². The van der Waals surface area contributed by atoms with E-state index in [4.69, 9.17) is 10.8 Å². The average Bonchev–Trinajstić information content (AvgIpc) is 2.27. The van der Waals surface area contributed by atoms with Crippen LogP contribution in [0, 0.1) is 0 Å². The van der Waals surface area contributed by atoms with Crippen LogP contribution in [0.15, 0.2) is 18.2 Å². The highest BCUT2D eigenvalue weighted by atomic mass is 16.4. The summed E-state index contributed by atoms with van der Waals surface area (Å²) in [5.41, 5.74) is 9.61. The van der Waals surface area contributed by atoms with Crippen LogP contribution in [0.1, 0.15) is 42.0 Å². The van der Waals surface area contributed by atoms with E-state index in [9.17, 15) is 4.79 Å². The smallest absolute Gasteiger partial charge is 0.305 e. The number of hydrogen-bond acceptors (Lipinski definition) is 2. The lowest BCUT2D eigenvalue weighted by atomic mass is 9.85. The Labute approximate surface area is 95.3 Å². The molecule has 2 rings (SSSR count). The van der Waals surface area contributed by atoms with Crippen LogP contribution in [0.5, 0.6) is 0 Å². The van der Waals surface area contributed by atoms with E-state index in [2.05, 4.69) is 6.07 Å². The number of rotatable bonds is 3. The molecule has 1 unspecified atom stereocenters. The van der Waals surface area contributed by atoms with Gasteiger partial charge in [-0.15, -0.1) is 0 Å². The Bertz CT molecular complexity index is 401. The van der Waals surface area contributed by atoms with Crippen LogP contribution in [0.3, 0.4) is 0 Å². The summed E-state index contributed by atoms with van der Waals surface area (Å²) in [7, 11) is 0. The average molecular weight is 219 g/mol. The molecule has 1 aromatic rings. The molecule has 0 heterocycles. The fourth-order valence-corrected chi connectivity index (χ4v) is 2.46. The lowest BCUT2D eigenvalue weighted by Gasteiger charge is -2.22. The summed E-state index contributed by atoms with van der Waals surface area (Å²) in [6.07, 6.45) is 4.56. The Balaban J connectivity index is 2.29. The molecule has 0 saturated heterocycles. The van der Waals surface area contributed by atoms with Crippen LogP contribution in [-0.2, 0) is 17.6 Å². The zero-order valence-corrected chi connectivity index (χ0v) is 9.28. The molecule has 0 saturated carbocycles. The number of aryl methyl sites for hydroxylation is 1. The van der Waals surface area contributed by atoms with Gasteiger partial charge in [0, 0.05) is 6.04 Å². The fraction of sp³-hybridized carbons (Fsp3) is 0.462. The molecule has 0 amide bonds. The van der Waals surface area contributed by atoms with Crippen molar-refractivity contribution in [3.8, 4) is 0 Å². The standard InChI is InChI=1S/C13H17NO2/c14-12(8-13(15)16)11-7-3-5-9-4-1-2-6-10(9)11/h3,5,7,12H,1-2,4,6,8,14H2,(H,15,16). The number of carboxylic acid groups (broad SMARTS) is 1. The predicted molar refractivity (Wildman–Crippen MR) is 62.3 cm³/mol. The summed E-state index contributed by atoms with van der Waals surface area (Å²) in [6, 6.07) is 5.72. The van der Waals surface area contributed by atoms with Crippen LogP contribution in [0.25, 0.3) is 0 Å². The monoisotopic (exact) mass is 219 g/mol. The Morgan fingerprint density at radius 2 is 2.12 bits per heavy atom. The molecular formula is C13H17NO2. The molecule has 1 aliphatic rings. The van der Waals surface area contributed by atoms with Gasteiger partial charge >= 0.3 is 5.97 Å². The zero-order chi connectivity index (χ0) is 11.5. The maximum Gasteiger partial charge on any atom is 0.305 e. The maximum absolute atomic E-state index is 10.7. The Morgan fingerprint density at radius 3 is 2.88 bits per heavy atom. The largest absolute Gasteiger partial charge is 0.481 e. The lowest BCUT2D eigenvalue weighted by Crippen LogP contribution is -2.18. The van der Waals surface area contributed by atoms with Gasteiger partial charge in [-0.3, -0.25) is 4.79 Å². The summed E-state index contributed by atoms with van der Waals surface area (Å²) in [6.45, 7) is 0. The fourth-order valence-electron chi connectivity index (χ4n) is 2.46. The summed E-state index contributed by atoms with van der Waals surface area (Å²) in [4.78, 5) is 10.7. The van der Waals surface area contributed by atoms with Crippen molar-refractivity contribution >= 4 is 5.97 Å². The van der Waals surface area contributed by atoms with Gasteiger partial charge in [0.05, 0.1) is 6.42 Å². The van der Waals surface area contributed by atoms with Gasteiger partial charge in [-0.2, -0.15) is 0 Å². The molecule has 16 heavy (non-hydrogen) atoms. The number of benzene rings is 1. The van der Waals surface area contributed by atoms with E-state index in [-0.39, 0.29) is 12.5 Å². The minimum Gasteiger partial charge on any atom is -0.481 e. The molecular weight excluding hydrogens is 202 g/mol. The molecule has 0 aliphatic heterocycles. The van der Waals surface area contributed by atoms with E-state index in [1.165, 1.54) is 24.0 Å². The van der Waals surface area contributed by atoms with Crippen LogP contribution in [0.2, 0.25) is 0 Å². The van der Waals surface area contributed by atoms with Crippen molar-refractivity contribution < 1.29 is 9.90 Å². The number of nitrogens with two attached hydrogens (primary N) is 1. The highest BCUT2D eigenvalue weighted by Crippen LogP contribution is 2.28. The summed E-state index contributed by atoms with van der Waals surface area (Å²) < 4.78 is 0. The van der Waals surface area contributed by atoms with Crippen LogP contribution in [0.4, 0.5) is 0 Å². The first-order chi connectivity index (χ1) is 7.68. The van der Waals surface area contributed by atoms with Gasteiger partial charge in [0.15, 0.2) is 0 Å². The van der Waals surface area contributed by atoms with E-state index < -0.39 is 5.97 Å². The quantitative estimate of drug-likeness (QED) is 0.817. The molecule has 1 atom stereocenters. The molecule has 1 aliphatic carbocycles. The SMILES string of the molecule is NC(CC(=O)O)c1cccc2c1CCCC2. The maximum atomic E-state index is 10.7. The second-order valence-electron chi connectivity index (χ2n) is 4.40. The molecule has 86 valence electrons. The van der Waals surface area contributed by atoms with Crippen molar-refractivity contribution in [3.63, 3.8) is 0 Å². The molecule has 0 aromatic heterocycles. The zero-order valence-electron chi connectivity index (χ0n) is 9.28. The third-order valence-electron chi connectivity index (χ3n) is 3.23. The Morgan fingerprint density at radius 1 is 1.38 bits per heavy atom. The molecule has 3 heteroatoms. The van der Waals surface area contributed by atoms with Crippen molar-refractivity contribution in [2.24, 2.45) is 5.73 Å². The van der Waals surface area contributed by atoms with Gasteiger partial charge in [-0.05, 0) is 42.4 Å². The van der Waals surface area contributed by atoms with E-state index in [1.54, 1.807) is 0 Å². The van der Waals surface area contributed by atoms with Gasteiger partial charge < -0.3 is 10.8 Å². The van der Waals surface area contributed by atoms with Crippen molar-refractivity contribution in [3.05, 3.63) is 34.9 Å². The number of carbonyl (C=O) groups is 1. The first-order valence-electron chi connectivity index (χ1n) is 5.76. The Kier molecular flexibility index (Phi) is 3.25. The minimum atomic E-state index is -0.832. The normalized spacial score (nSPS) is 16.6. The highest BCUT2D eigenvalue weighted by molar-refractivity contribution is 5.68. The number of carboxylic acids is 1. The second kappa shape index (κ2) is 4.66. The molecule has 0 radical (unpaired) electrons. The van der Waals surface area contributed by atoms with Gasteiger partial charge in [0.25, 0.3) is 0 Å². The van der Waals surface area contributed by atoms with E-state index in [1.807, 2.05) is 12.1 Å². The van der Waals surface area contributed by atoms with E-state index in [0.717, 1.165) is 18.4 Å². The number of hydrogen-bond donors (Lipinski definition) is 2. The van der Waals surface area contributed by atoms with Gasteiger partial charge in [-0.1, -0.05) is 18.2 Å². The van der Waals surface area contributed by atoms with Gasteiger partial charge in [0.2, 0.25) is 0 Å². The highest BCUT2D eigenvalue weighted by Gasteiger charge is 2.18. The second-order valence-corrected chi connectivity index (χ2v) is 4.40. The third-order valence-corrected chi connectivity index (χ3v) is 3.23. The number of fused-ring (bicyclic) bond motifs is 1. The van der Waals surface area contributed by atoms with Crippen LogP contribution in [-0.4, -0.2) is 11.1 Å². The molecule has 0 fully saturated rings. The predicted octanol–water partition coefficient (Wildman–Crippen LogP) is 2.04. The summed E-state index contributed by atoms with van der Waals surface area (Å²) in [5.74, 6) is -0.832. The first kappa shape index (κ1) is 11.1. The third kappa shape index (κ3) is 2.25. The summed E-state index contributed by atoms with van der Waals surface area (Å²) in [5, 5.41) is 8.77.